The van der Waals surface area contributed by atoms with Gasteiger partial charge in [-0.25, -0.2) is 27.2 Å². The van der Waals surface area contributed by atoms with Crippen LogP contribution in [0.15, 0.2) is 30.3 Å². The zero-order valence-electron chi connectivity index (χ0n) is 20.7. The van der Waals surface area contributed by atoms with Crippen LogP contribution in [0.3, 0.4) is 0 Å². The lowest BCUT2D eigenvalue weighted by atomic mass is 9.80. The Bertz CT molecular complexity index is 900. The number of alkyl carbamates (subject to hydrolysis) is 1. The summed E-state index contributed by atoms with van der Waals surface area (Å²) in [7, 11) is 2.37. The minimum absolute atomic E-state index is 0. The number of hydrogen-bond donors (Lipinski definition) is 2. The highest BCUT2D eigenvalue weighted by Crippen LogP contribution is 2.39. The molecule has 0 radical (unpaired) electrons. The van der Waals surface area contributed by atoms with Gasteiger partial charge in [0.2, 0.25) is 11.8 Å². The largest absolute Gasteiger partial charge is 0.468 e. The van der Waals surface area contributed by atoms with Crippen LogP contribution >= 0.6 is 12.4 Å². The molecular formula is C24H33ClF4N2O6. The Morgan fingerprint density at radius 2 is 1.27 bits per heavy atom. The quantitative estimate of drug-likeness (QED) is 0.311. The van der Waals surface area contributed by atoms with Crippen LogP contribution in [0.2, 0.25) is 0 Å². The first kappa shape index (κ1) is 32.4. The van der Waals surface area contributed by atoms with Crippen molar-refractivity contribution in [1.29, 1.82) is 0 Å². The zero-order chi connectivity index (χ0) is 27.0. The number of nitrogens with two attached hydrogens (primary N) is 1. The molecule has 0 atom stereocenters. The summed E-state index contributed by atoms with van der Waals surface area (Å²) in [6, 6.07) is 9.00. The second kappa shape index (κ2) is 13.3. The van der Waals surface area contributed by atoms with E-state index in [9.17, 15) is 31.9 Å². The van der Waals surface area contributed by atoms with Crippen molar-refractivity contribution in [2.75, 3.05) is 14.2 Å². The fourth-order valence-electron chi connectivity index (χ4n) is 4.04. The number of esters is 2. The lowest BCUT2D eigenvalue weighted by molar-refractivity contribution is -0.154. The van der Waals surface area contributed by atoms with Crippen molar-refractivity contribution in [3.8, 4) is 0 Å². The number of rotatable bonds is 5. The Hall–Kier alpha value is -2.60. The topological polar surface area (TPSA) is 117 Å². The van der Waals surface area contributed by atoms with Gasteiger partial charge in [-0.2, -0.15) is 0 Å². The van der Waals surface area contributed by atoms with Gasteiger partial charge in [0.05, 0.1) is 14.2 Å². The molecule has 0 heterocycles. The summed E-state index contributed by atoms with van der Waals surface area (Å²) in [6.07, 6.45) is -2.86. The van der Waals surface area contributed by atoms with E-state index in [1.54, 1.807) is 24.3 Å². The number of carbonyl (C=O) groups is 3. The standard InChI is InChI=1S/C16H19F2NO4.C8H13F2NO2.ClH/c1-22-13(20)15(7-9-16(17,18)10-8-15)19-14(21)23-11-12-5-3-2-4-6-12;1-13-6(12)7(11)2-4-8(9,10)5-3-7;/h2-6H,7-11H2,1H3,(H,19,21);2-5,11H2,1H3;1H. The van der Waals surface area contributed by atoms with Crippen molar-refractivity contribution >= 4 is 30.4 Å². The highest BCUT2D eigenvalue weighted by Gasteiger charge is 2.50. The fourth-order valence-corrected chi connectivity index (χ4v) is 4.04. The fraction of sp³-hybridized carbons (Fsp3) is 0.625. The van der Waals surface area contributed by atoms with Gasteiger partial charge in [0, 0.05) is 25.7 Å². The number of methoxy groups -OCH3 is 2. The molecule has 13 heteroatoms. The van der Waals surface area contributed by atoms with Gasteiger partial charge < -0.3 is 25.3 Å². The van der Waals surface area contributed by atoms with Crippen LogP contribution in [0.1, 0.15) is 56.9 Å². The normalized spacial score (nSPS) is 20.5. The number of amides is 1. The van der Waals surface area contributed by atoms with E-state index in [1.807, 2.05) is 6.07 Å². The lowest BCUT2D eigenvalue weighted by Gasteiger charge is -2.37. The Labute approximate surface area is 219 Å². The van der Waals surface area contributed by atoms with Crippen molar-refractivity contribution in [1.82, 2.24) is 5.32 Å². The summed E-state index contributed by atoms with van der Waals surface area (Å²) in [5.41, 5.74) is 3.76. The maximum absolute atomic E-state index is 13.3. The van der Waals surface area contributed by atoms with Gasteiger partial charge >= 0.3 is 18.0 Å². The highest BCUT2D eigenvalue weighted by molar-refractivity contribution is 5.86. The summed E-state index contributed by atoms with van der Waals surface area (Å²) in [6.45, 7) is 0.0279. The molecule has 0 aliphatic heterocycles. The van der Waals surface area contributed by atoms with Crippen LogP contribution in [0.25, 0.3) is 0 Å². The van der Waals surface area contributed by atoms with Crippen molar-refractivity contribution in [2.45, 2.75) is 80.9 Å². The molecule has 210 valence electrons. The molecular weight excluding hydrogens is 524 g/mol. The molecule has 1 amide bonds. The third-order valence-corrected chi connectivity index (χ3v) is 6.43. The third-order valence-electron chi connectivity index (χ3n) is 6.43. The van der Waals surface area contributed by atoms with E-state index in [2.05, 4.69) is 14.8 Å². The molecule has 1 aromatic rings. The molecule has 3 N–H and O–H groups in total. The van der Waals surface area contributed by atoms with Crippen LogP contribution < -0.4 is 11.1 Å². The molecule has 0 unspecified atom stereocenters. The molecule has 3 rings (SSSR count). The van der Waals surface area contributed by atoms with Gasteiger partial charge in [0.25, 0.3) is 0 Å². The average molecular weight is 557 g/mol. The first-order chi connectivity index (χ1) is 16.8. The van der Waals surface area contributed by atoms with E-state index in [1.165, 1.54) is 7.11 Å². The average Bonchev–Trinajstić information content (AvgIpc) is 2.86. The van der Waals surface area contributed by atoms with Gasteiger partial charge in [-0.15, -0.1) is 12.4 Å². The number of benzene rings is 1. The Balaban J connectivity index is 0.000000417. The van der Waals surface area contributed by atoms with Gasteiger partial charge in [-0.1, -0.05) is 30.3 Å². The van der Waals surface area contributed by atoms with Gasteiger partial charge in [-0.3, -0.25) is 4.79 Å². The van der Waals surface area contributed by atoms with E-state index in [4.69, 9.17) is 10.5 Å². The van der Waals surface area contributed by atoms with E-state index >= 15 is 0 Å². The number of ether oxygens (including phenoxy) is 3. The van der Waals surface area contributed by atoms with Gasteiger partial charge in [-0.05, 0) is 31.2 Å². The molecule has 0 spiro atoms. The summed E-state index contributed by atoms with van der Waals surface area (Å²) in [5.74, 6) is -6.82. The smallest absolute Gasteiger partial charge is 0.408 e. The van der Waals surface area contributed by atoms with Crippen LogP contribution in [-0.4, -0.2) is 55.2 Å². The highest BCUT2D eigenvalue weighted by atomic mass is 35.5. The number of halogens is 5. The van der Waals surface area contributed by atoms with Crippen molar-refractivity contribution in [3.05, 3.63) is 35.9 Å². The summed E-state index contributed by atoms with van der Waals surface area (Å²) >= 11 is 0. The van der Waals surface area contributed by atoms with Crippen LogP contribution in [-0.2, 0) is 30.4 Å². The molecule has 2 fully saturated rings. The molecule has 0 saturated heterocycles. The van der Waals surface area contributed by atoms with Crippen molar-refractivity contribution in [2.24, 2.45) is 5.73 Å². The summed E-state index contributed by atoms with van der Waals surface area (Å²) < 4.78 is 66.2. The second-order valence-electron chi connectivity index (χ2n) is 9.12. The Morgan fingerprint density at radius 3 is 1.73 bits per heavy atom. The van der Waals surface area contributed by atoms with Crippen molar-refractivity contribution < 1.29 is 46.2 Å². The Morgan fingerprint density at radius 1 is 0.811 bits per heavy atom. The minimum atomic E-state index is -2.83. The molecule has 2 aliphatic carbocycles. The predicted octanol–water partition coefficient (Wildman–Crippen LogP) is 4.52. The number of nitrogens with one attached hydrogen (secondary N) is 1. The number of hydrogen-bond acceptors (Lipinski definition) is 7. The van der Waals surface area contributed by atoms with E-state index in [0.29, 0.717) is 0 Å². The molecule has 2 aliphatic rings. The SMILES string of the molecule is COC(=O)C1(N)CCC(F)(F)CC1.COC(=O)C1(NC(=O)OCc2ccccc2)CCC(F)(F)CC1.Cl. The maximum Gasteiger partial charge on any atom is 0.408 e. The summed E-state index contributed by atoms with van der Waals surface area (Å²) in [4.78, 5) is 35.0. The van der Waals surface area contributed by atoms with Gasteiger partial charge in [0.15, 0.2) is 0 Å². The number of carbonyl (C=O) groups excluding carboxylic acids is 3. The lowest BCUT2D eigenvalue weighted by Crippen LogP contribution is -2.58. The molecule has 37 heavy (non-hydrogen) atoms. The number of alkyl halides is 4. The Kier molecular flexibility index (Phi) is 11.6. The second-order valence-corrected chi connectivity index (χ2v) is 9.12. The molecule has 8 nitrogen and oxygen atoms in total. The maximum atomic E-state index is 13.3. The minimum Gasteiger partial charge on any atom is -0.468 e. The summed E-state index contributed by atoms with van der Waals surface area (Å²) in [5, 5.41) is 2.42. The van der Waals surface area contributed by atoms with Crippen LogP contribution in [0.4, 0.5) is 22.4 Å². The van der Waals surface area contributed by atoms with Crippen molar-refractivity contribution in [3.63, 3.8) is 0 Å². The molecule has 0 bridgehead atoms. The van der Waals surface area contributed by atoms with Crippen LogP contribution in [0.5, 0.6) is 0 Å². The van der Waals surface area contributed by atoms with Gasteiger partial charge in [0.1, 0.15) is 17.7 Å². The molecule has 0 aromatic heterocycles. The monoisotopic (exact) mass is 556 g/mol. The first-order valence-corrected chi connectivity index (χ1v) is 11.5. The predicted molar refractivity (Wildman–Crippen MR) is 128 cm³/mol. The first-order valence-electron chi connectivity index (χ1n) is 11.5. The van der Waals surface area contributed by atoms with E-state index < -0.39 is 53.8 Å². The third kappa shape index (κ3) is 9.33. The van der Waals surface area contributed by atoms with Crippen LogP contribution in [0, 0.1) is 0 Å². The van der Waals surface area contributed by atoms with E-state index in [-0.39, 0.29) is 57.5 Å². The molecule has 1 aromatic carbocycles. The zero-order valence-corrected chi connectivity index (χ0v) is 21.5. The molecule has 2 saturated carbocycles. The van der Waals surface area contributed by atoms with E-state index in [0.717, 1.165) is 12.7 Å².